The van der Waals surface area contributed by atoms with E-state index in [0.29, 0.717) is 24.1 Å². The molecule has 2 N–H and O–H groups in total. The molecular formula is C20H26N2O4S. The summed E-state index contributed by atoms with van der Waals surface area (Å²) in [7, 11) is -2.15. The Hall–Kier alpha value is -2.38. The van der Waals surface area contributed by atoms with Gasteiger partial charge in [-0.3, -0.25) is 4.79 Å². The van der Waals surface area contributed by atoms with Crippen molar-refractivity contribution in [1.82, 2.24) is 10.0 Å². The molecule has 0 saturated heterocycles. The first-order chi connectivity index (χ1) is 12.7. The highest BCUT2D eigenvalue weighted by molar-refractivity contribution is 7.89. The normalized spacial score (nSPS) is 11.3. The standard InChI is InChI=1S/C20H26N2O4S/c1-14-10-15(2)20(16(3)11-14)27(24,25)22-13-19(23)21-9-8-17-6-5-7-18(12-17)26-4/h5-7,10-12,22H,8-9,13H2,1-4H3,(H,21,23). The molecule has 0 aliphatic carbocycles. The molecule has 2 aromatic rings. The summed E-state index contributed by atoms with van der Waals surface area (Å²) in [5, 5.41) is 2.72. The molecule has 146 valence electrons. The van der Waals surface area contributed by atoms with Crippen LogP contribution in [0.3, 0.4) is 0 Å². The fourth-order valence-corrected chi connectivity index (χ4v) is 4.49. The van der Waals surface area contributed by atoms with Gasteiger partial charge in [-0.1, -0.05) is 29.8 Å². The van der Waals surface area contributed by atoms with Crippen molar-refractivity contribution in [1.29, 1.82) is 0 Å². The van der Waals surface area contributed by atoms with E-state index in [2.05, 4.69) is 10.0 Å². The summed E-state index contributed by atoms with van der Waals surface area (Å²) in [5.74, 6) is 0.388. The maximum absolute atomic E-state index is 12.6. The van der Waals surface area contributed by atoms with Crippen LogP contribution in [-0.4, -0.2) is 34.5 Å². The van der Waals surface area contributed by atoms with Gasteiger partial charge in [0, 0.05) is 6.54 Å². The summed E-state index contributed by atoms with van der Waals surface area (Å²) in [6.45, 7) is 5.54. The van der Waals surface area contributed by atoms with Gasteiger partial charge >= 0.3 is 0 Å². The topological polar surface area (TPSA) is 84.5 Å². The summed E-state index contributed by atoms with van der Waals surface area (Å²) in [4.78, 5) is 12.2. The van der Waals surface area contributed by atoms with Gasteiger partial charge in [0.05, 0.1) is 18.6 Å². The third-order valence-electron chi connectivity index (χ3n) is 4.17. The van der Waals surface area contributed by atoms with Gasteiger partial charge in [-0.2, -0.15) is 0 Å². The molecule has 0 unspecified atom stereocenters. The molecule has 0 aliphatic rings. The molecule has 27 heavy (non-hydrogen) atoms. The van der Waals surface area contributed by atoms with E-state index in [9.17, 15) is 13.2 Å². The number of sulfonamides is 1. The zero-order valence-electron chi connectivity index (χ0n) is 16.1. The Kier molecular flexibility index (Phi) is 6.98. The van der Waals surface area contributed by atoms with Crippen LogP contribution in [0.2, 0.25) is 0 Å². The van der Waals surface area contributed by atoms with Crippen molar-refractivity contribution in [2.45, 2.75) is 32.1 Å². The van der Waals surface area contributed by atoms with E-state index >= 15 is 0 Å². The van der Waals surface area contributed by atoms with E-state index in [0.717, 1.165) is 16.9 Å². The number of nitrogens with one attached hydrogen (secondary N) is 2. The van der Waals surface area contributed by atoms with Crippen molar-refractivity contribution in [2.24, 2.45) is 0 Å². The lowest BCUT2D eigenvalue weighted by atomic mass is 10.1. The lowest BCUT2D eigenvalue weighted by Crippen LogP contribution is -2.38. The summed E-state index contributed by atoms with van der Waals surface area (Å²) in [6, 6.07) is 11.2. The third-order valence-corrected chi connectivity index (χ3v) is 5.87. The first kappa shape index (κ1) is 20.9. The zero-order valence-corrected chi connectivity index (χ0v) is 16.9. The monoisotopic (exact) mass is 390 g/mol. The summed E-state index contributed by atoms with van der Waals surface area (Å²) in [6.07, 6.45) is 0.631. The summed E-state index contributed by atoms with van der Waals surface area (Å²) < 4.78 is 32.6. The Balaban J connectivity index is 1.89. The number of aryl methyl sites for hydroxylation is 3. The molecule has 2 aromatic carbocycles. The minimum absolute atomic E-state index is 0.234. The Morgan fingerprint density at radius 3 is 2.37 bits per heavy atom. The molecular weight excluding hydrogens is 364 g/mol. The van der Waals surface area contributed by atoms with E-state index in [-0.39, 0.29) is 17.3 Å². The van der Waals surface area contributed by atoms with Gasteiger partial charge in [0.25, 0.3) is 0 Å². The Morgan fingerprint density at radius 2 is 1.74 bits per heavy atom. The molecule has 0 aromatic heterocycles. The molecule has 0 radical (unpaired) electrons. The predicted octanol–water partition coefficient (Wildman–Crippen LogP) is 2.26. The first-order valence-corrected chi connectivity index (χ1v) is 10.2. The van der Waals surface area contributed by atoms with Crippen LogP contribution in [-0.2, 0) is 21.2 Å². The molecule has 0 heterocycles. The Bertz CT molecular complexity index is 900. The van der Waals surface area contributed by atoms with Crippen LogP contribution in [0.25, 0.3) is 0 Å². The largest absolute Gasteiger partial charge is 0.497 e. The van der Waals surface area contributed by atoms with E-state index in [1.165, 1.54) is 0 Å². The fourth-order valence-electron chi connectivity index (χ4n) is 3.06. The Labute approximate surface area is 161 Å². The molecule has 0 fully saturated rings. The number of benzene rings is 2. The highest BCUT2D eigenvalue weighted by Crippen LogP contribution is 2.21. The van der Waals surface area contributed by atoms with Crippen molar-refractivity contribution in [3.05, 3.63) is 58.7 Å². The van der Waals surface area contributed by atoms with Crippen molar-refractivity contribution >= 4 is 15.9 Å². The van der Waals surface area contributed by atoms with Crippen molar-refractivity contribution in [2.75, 3.05) is 20.2 Å². The van der Waals surface area contributed by atoms with E-state index in [1.54, 1.807) is 21.0 Å². The van der Waals surface area contributed by atoms with Gasteiger partial charge in [0.1, 0.15) is 5.75 Å². The lowest BCUT2D eigenvalue weighted by Gasteiger charge is -2.13. The predicted molar refractivity (Wildman–Crippen MR) is 106 cm³/mol. The van der Waals surface area contributed by atoms with Crippen LogP contribution in [0, 0.1) is 20.8 Å². The van der Waals surface area contributed by atoms with Gasteiger partial charge < -0.3 is 10.1 Å². The number of ether oxygens (including phenoxy) is 1. The molecule has 0 atom stereocenters. The van der Waals surface area contributed by atoms with Crippen LogP contribution in [0.5, 0.6) is 5.75 Å². The summed E-state index contributed by atoms with van der Waals surface area (Å²) in [5.41, 5.74) is 3.36. The zero-order chi connectivity index (χ0) is 20.0. The highest BCUT2D eigenvalue weighted by atomic mass is 32.2. The molecule has 6 nitrogen and oxygen atoms in total. The third kappa shape index (κ3) is 5.80. The lowest BCUT2D eigenvalue weighted by molar-refractivity contribution is -0.119. The second-order valence-electron chi connectivity index (χ2n) is 6.50. The molecule has 1 amide bonds. The maximum Gasteiger partial charge on any atom is 0.241 e. The molecule has 7 heteroatoms. The quantitative estimate of drug-likeness (QED) is 0.724. The number of amides is 1. The van der Waals surface area contributed by atoms with Gasteiger partial charge in [0.2, 0.25) is 15.9 Å². The van der Waals surface area contributed by atoms with Crippen LogP contribution in [0.4, 0.5) is 0 Å². The number of hydrogen-bond donors (Lipinski definition) is 2. The molecule has 0 spiro atoms. The van der Waals surface area contributed by atoms with Gasteiger partial charge in [-0.25, -0.2) is 13.1 Å². The second kappa shape index (κ2) is 9.01. The van der Waals surface area contributed by atoms with Crippen molar-refractivity contribution in [3.8, 4) is 5.75 Å². The number of carbonyl (C=O) groups excluding carboxylic acids is 1. The summed E-state index contributed by atoms with van der Waals surface area (Å²) >= 11 is 0. The molecule has 0 saturated carbocycles. The van der Waals surface area contributed by atoms with Crippen LogP contribution >= 0.6 is 0 Å². The van der Waals surface area contributed by atoms with Crippen LogP contribution in [0.1, 0.15) is 22.3 Å². The van der Waals surface area contributed by atoms with Gasteiger partial charge in [0.15, 0.2) is 0 Å². The number of methoxy groups -OCH3 is 1. The number of hydrogen-bond acceptors (Lipinski definition) is 4. The number of carbonyl (C=O) groups is 1. The maximum atomic E-state index is 12.6. The minimum Gasteiger partial charge on any atom is -0.497 e. The average molecular weight is 391 g/mol. The fraction of sp³-hybridized carbons (Fsp3) is 0.350. The van der Waals surface area contributed by atoms with Crippen LogP contribution < -0.4 is 14.8 Å². The van der Waals surface area contributed by atoms with Crippen molar-refractivity contribution in [3.63, 3.8) is 0 Å². The molecule has 0 aliphatic heterocycles. The van der Waals surface area contributed by atoms with Crippen molar-refractivity contribution < 1.29 is 17.9 Å². The highest BCUT2D eigenvalue weighted by Gasteiger charge is 2.20. The Morgan fingerprint density at radius 1 is 1.07 bits per heavy atom. The molecule has 2 rings (SSSR count). The van der Waals surface area contributed by atoms with E-state index in [4.69, 9.17) is 4.74 Å². The number of rotatable bonds is 8. The van der Waals surface area contributed by atoms with E-state index in [1.807, 2.05) is 43.3 Å². The molecule has 0 bridgehead atoms. The van der Waals surface area contributed by atoms with Gasteiger partial charge in [-0.15, -0.1) is 0 Å². The van der Waals surface area contributed by atoms with E-state index < -0.39 is 10.0 Å². The first-order valence-electron chi connectivity index (χ1n) is 8.70. The smallest absolute Gasteiger partial charge is 0.241 e. The SMILES string of the molecule is COc1cccc(CCNC(=O)CNS(=O)(=O)c2c(C)cc(C)cc2C)c1. The van der Waals surface area contributed by atoms with Gasteiger partial charge in [-0.05, 0) is 56.0 Å². The second-order valence-corrected chi connectivity index (χ2v) is 8.21. The average Bonchev–Trinajstić information content (AvgIpc) is 2.59. The minimum atomic E-state index is -3.75. The van der Waals surface area contributed by atoms with Crippen LogP contribution in [0.15, 0.2) is 41.3 Å².